The van der Waals surface area contributed by atoms with Crippen LogP contribution in [0.5, 0.6) is 0 Å². The van der Waals surface area contributed by atoms with Crippen molar-refractivity contribution in [2.75, 3.05) is 18.1 Å². The van der Waals surface area contributed by atoms with Crippen LogP contribution in [-0.2, 0) is 6.54 Å². The topological polar surface area (TPSA) is 152 Å². The van der Waals surface area contributed by atoms with Crippen LogP contribution in [0.1, 0.15) is 60.0 Å². The van der Waals surface area contributed by atoms with E-state index in [0.717, 1.165) is 0 Å². The molecule has 0 aliphatic heterocycles. The van der Waals surface area contributed by atoms with Gasteiger partial charge in [0.2, 0.25) is 0 Å². The van der Waals surface area contributed by atoms with Crippen LogP contribution in [0, 0.1) is 11.2 Å². The first-order valence-corrected chi connectivity index (χ1v) is 12.3. The zero-order chi connectivity index (χ0) is 27.4. The second-order valence-corrected chi connectivity index (χ2v) is 8.68. The minimum atomic E-state index is -0.612. The van der Waals surface area contributed by atoms with Crippen molar-refractivity contribution in [2.24, 2.45) is 0 Å². The fourth-order valence-corrected chi connectivity index (χ4v) is 4.29. The van der Waals surface area contributed by atoms with Gasteiger partial charge in [0.25, 0.3) is 11.5 Å². The van der Waals surface area contributed by atoms with Gasteiger partial charge < -0.3 is 16.4 Å². The minimum absolute atomic E-state index is 0.0477. The van der Waals surface area contributed by atoms with Gasteiger partial charge in [0.1, 0.15) is 35.0 Å². The normalized spacial score (nSPS) is 11.8. The van der Waals surface area contributed by atoms with E-state index in [1.807, 2.05) is 13.8 Å². The van der Waals surface area contributed by atoms with E-state index in [0.29, 0.717) is 42.2 Å². The maximum atomic E-state index is 14.5. The average Bonchev–Trinajstić information content (AvgIpc) is 2.92. The number of nitrogens with two attached hydrogens (primary N) is 1. The van der Waals surface area contributed by atoms with Gasteiger partial charge in [-0.2, -0.15) is 0 Å². The highest BCUT2D eigenvalue weighted by molar-refractivity contribution is 6.16. The summed E-state index contributed by atoms with van der Waals surface area (Å²) in [5, 5.41) is 14.7. The summed E-state index contributed by atoms with van der Waals surface area (Å²) < 4.78 is 16.0. The number of nitrogens with zero attached hydrogens (tertiary/aromatic N) is 4. The molecular weight excluding hydrogens is 487 g/mol. The Morgan fingerprint density at radius 2 is 1.84 bits per heavy atom. The van der Waals surface area contributed by atoms with E-state index in [9.17, 15) is 14.0 Å². The lowest BCUT2D eigenvalue weighted by Gasteiger charge is -2.23. The summed E-state index contributed by atoms with van der Waals surface area (Å²) >= 11 is 0. The highest BCUT2D eigenvalue weighted by atomic mass is 19.1. The third-order valence-electron chi connectivity index (χ3n) is 6.23. The van der Waals surface area contributed by atoms with Crippen LogP contribution in [0.15, 0.2) is 53.6 Å². The number of nitrogens with one attached hydrogen (secondary N) is 3. The van der Waals surface area contributed by atoms with Crippen LogP contribution in [0.25, 0.3) is 10.9 Å². The number of halogens is 1. The summed E-state index contributed by atoms with van der Waals surface area (Å²) in [7, 11) is 1.54. The van der Waals surface area contributed by atoms with Gasteiger partial charge in [0.15, 0.2) is 0 Å². The summed E-state index contributed by atoms with van der Waals surface area (Å²) in [4.78, 5) is 38.3. The quantitative estimate of drug-likeness (QED) is 0.248. The predicted molar refractivity (Wildman–Crippen MR) is 145 cm³/mol. The number of carbonyl (C=O) groups excluding carboxylic acids is 1. The molecule has 5 N–H and O–H groups in total. The molecule has 0 radical (unpaired) electrons. The molecule has 2 aromatic heterocycles. The highest BCUT2D eigenvalue weighted by Crippen LogP contribution is 2.27. The fourth-order valence-electron chi connectivity index (χ4n) is 4.29. The Morgan fingerprint density at radius 3 is 2.50 bits per heavy atom. The SMILES string of the molecule is CCCn1c(C(CC)Nc2ncnc(N)c2C(=N)c2ccc(C(=O)NC)cc2)nc2cccc(F)c2c1=O. The first-order valence-electron chi connectivity index (χ1n) is 12.3. The molecule has 0 fully saturated rings. The van der Waals surface area contributed by atoms with Crippen molar-refractivity contribution in [1.29, 1.82) is 5.41 Å². The molecule has 2 aromatic carbocycles. The monoisotopic (exact) mass is 516 g/mol. The zero-order valence-electron chi connectivity index (χ0n) is 21.4. The molecule has 0 saturated carbocycles. The molecule has 11 heteroatoms. The molecule has 0 spiro atoms. The number of carbonyl (C=O) groups is 1. The molecule has 0 aliphatic carbocycles. The summed E-state index contributed by atoms with van der Waals surface area (Å²) in [6.45, 7) is 4.20. The second kappa shape index (κ2) is 11.2. The van der Waals surface area contributed by atoms with E-state index in [1.165, 1.54) is 23.0 Å². The Kier molecular flexibility index (Phi) is 7.75. The van der Waals surface area contributed by atoms with Crippen molar-refractivity contribution >= 4 is 34.2 Å². The van der Waals surface area contributed by atoms with Crippen LogP contribution in [-0.4, -0.2) is 38.2 Å². The molecule has 1 atom stereocenters. The maximum Gasteiger partial charge on any atom is 0.264 e. The van der Waals surface area contributed by atoms with Gasteiger partial charge in [-0.05, 0) is 37.1 Å². The molecule has 2 heterocycles. The van der Waals surface area contributed by atoms with E-state index in [-0.39, 0.29) is 33.9 Å². The Balaban J connectivity index is 1.77. The molecule has 0 bridgehead atoms. The van der Waals surface area contributed by atoms with E-state index < -0.39 is 17.4 Å². The number of aromatic nitrogens is 4. The molecule has 38 heavy (non-hydrogen) atoms. The van der Waals surface area contributed by atoms with Gasteiger partial charge in [0.05, 0.1) is 22.8 Å². The van der Waals surface area contributed by atoms with Gasteiger partial charge in [-0.25, -0.2) is 19.3 Å². The van der Waals surface area contributed by atoms with Gasteiger partial charge in [-0.15, -0.1) is 0 Å². The Labute approximate surface area is 218 Å². The lowest BCUT2D eigenvalue weighted by molar-refractivity contribution is 0.0963. The zero-order valence-corrected chi connectivity index (χ0v) is 21.4. The van der Waals surface area contributed by atoms with Crippen molar-refractivity contribution in [3.05, 3.63) is 87.5 Å². The smallest absolute Gasteiger partial charge is 0.264 e. The molecule has 10 nitrogen and oxygen atoms in total. The van der Waals surface area contributed by atoms with Crippen LogP contribution < -0.4 is 21.9 Å². The van der Waals surface area contributed by atoms with Gasteiger partial charge in [-0.1, -0.05) is 32.0 Å². The summed E-state index contributed by atoms with van der Waals surface area (Å²) in [6.07, 6.45) is 2.44. The molecular formula is C27H29FN8O2. The predicted octanol–water partition coefficient (Wildman–Crippen LogP) is 3.66. The minimum Gasteiger partial charge on any atom is -0.383 e. The molecule has 1 unspecified atom stereocenters. The number of hydrogen-bond donors (Lipinski definition) is 4. The lowest BCUT2D eigenvalue weighted by atomic mass is 10.0. The lowest BCUT2D eigenvalue weighted by Crippen LogP contribution is -2.30. The molecule has 196 valence electrons. The standard InChI is InChI=1S/C27H29FN8O2/c1-4-13-36-25(35-19-8-6-7-17(28)20(19)27(36)38)18(5-2)34-24-21(23(30)32-14-33-24)22(29)15-9-11-16(12-10-15)26(37)31-3/h6-12,14,18,29H,4-5,13H2,1-3H3,(H,31,37)(H3,30,32,33,34). The van der Waals surface area contributed by atoms with Gasteiger partial charge in [-0.3, -0.25) is 19.6 Å². The van der Waals surface area contributed by atoms with Crippen molar-refractivity contribution in [2.45, 2.75) is 39.3 Å². The largest absolute Gasteiger partial charge is 0.383 e. The van der Waals surface area contributed by atoms with Crippen molar-refractivity contribution in [3.63, 3.8) is 0 Å². The Hall–Kier alpha value is -4.67. The summed E-state index contributed by atoms with van der Waals surface area (Å²) in [5.74, 6) is -0.0283. The first kappa shape index (κ1) is 26.4. The Morgan fingerprint density at radius 1 is 1.13 bits per heavy atom. The molecule has 0 saturated heterocycles. The number of anilines is 2. The fraction of sp³-hybridized carbons (Fsp3) is 0.259. The van der Waals surface area contributed by atoms with Crippen LogP contribution in [0.3, 0.4) is 0 Å². The molecule has 4 aromatic rings. The first-order chi connectivity index (χ1) is 18.3. The van der Waals surface area contributed by atoms with Gasteiger partial charge in [0, 0.05) is 24.7 Å². The summed E-state index contributed by atoms with van der Waals surface area (Å²) in [6, 6.07) is 10.4. The van der Waals surface area contributed by atoms with E-state index in [1.54, 1.807) is 37.4 Å². The maximum absolute atomic E-state index is 14.5. The second-order valence-electron chi connectivity index (χ2n) is 8.68. The molecule has 4 rings (SSSR count). The number of nitrogen functional groups attached to an aromatic ring is 1. The number of hydrogen-bond acceptors (Lipinski definition) is 8. The van der Waals surface area contributed by atoms with E-state index in [2.05, 4.69) is 25.6 Å². The average molecular weight is 517 g/mol. The van der Waals surface area contributed by atoms with Crippen molar-refractivity contribution in [3.8, 4) is 0 Å². The summed E-state index contributed by atoms with van der Waals surface area (Å²) in [5.41, 5.74) is 7.32. The van der Waals surface area contributed by atoms with Crippen LogP contribution >= 0.6 is 0 Å². The third-order valence-corrected chi connectivity index (χ3v) is 6.23. The third kappa shape index (κ3) is 4.95. The van der Waals surface area contributed by atoms with Crippen LogP contribution in [0.4, 0.5) is 16.0 Å². The Bertz CT molecular complexity index is 1570. The highest BCUT2D eigenvalue weighted by Gasteiger charge is 2.24. The van der Waals surface area contributed by atoms with Gasteiger partial charge >= 0.3 is 0 Å². The van der Waals surface area contributed by atoms with E-state index in [4.69, 9.17) is 11.1 Å². The van der Waals surface area contributed by atoms with E-state index >= 15 is 0 Å². The number of rotatable bonds is 9. The van der Waals surface area contributed by atoms with Crippen molar-refractivity contribution < 1.29 is 9.18 Å². The van der Waals surface area contributed by atoms with Crippen LogP contribution in [0.2, 0.25) is 0 Å². The number of benzene rings is 2. The number of fused-ring (bicyclic) bond motifs is 1. The molecule has 1 amide bonds. The van der Waals surface area contributed by atoms with Crippen molar-refractivity contribution in [1.82, 2.24) is 24.8 Å². The molecule has 0 aliphatic rings. The number of amides is 1.